The number of amides is 1. The van der Waals surface area contributed by atoms with E-state index in [-0.39, 0.29) is 5.91 Å². The molecule has 0 bridgehead atoms. The van der Waals surface area contributed by atoms with Gasteiger partial charge in [0, 0.05) is 24.8 Å². The van der Waals surface area contributed by atoms with Gasteiger partial charge in [-0.05, 0) is 43.0 Å². The number of carbonyl (C=O) groups excluding carboxylic acids is 1. The Balaban J connectivity index is 1.74. The summed E-state index contributed by atoms with van der Waals surface area (Å²) in [4.78, 5) is 15.2. The Hall–Kier alpha value is -2.92. The van der Waals surface area contributed by atoms with E-state index in [2.05, 4.69) is 31.2 Å². The minimum absolute atomic E-state index is 0.0349. The van der Waals surface area contributed by atoms with E-state index in [9.17, 15) is 4.79 Å². The molecule has 5 heteroatoms. The smallest absolute Gasteiger partial charge is 0.257 e. The highest BCUT2D eigenvalue weighted by molar-refractivity contribution is 6.00. The maximum absolute atomic E-state index is 13.3. The van der Waals surface area contributed by atoms with Gasteiger partial charge in [0.2, 0.25) is 0 Å². The van der Waals surface area contributed by atoms with Crippen molar-refractivity contribution in [2.24, 2.45) is 11.7 Å². The maximum Gasteiger partial charge on any atom is 0.257 e. The van der Waals surface area contributed by atoms with E-state index in [1.807, 2.05) is 41.4 Å². The molecule has 1 unspecified atom stereocenters. The number of aromatic nitrogens is 2. The maximum atomic E-state index is 13.3. The Morgan fingerprint density at radius 3 is 2.54 bits per heavy atom. The van der Waals surface area contributed by atoms with Gasteiger partial charge in [-0.25, -0.2) is 4.68 Å². The fourth-order valence-corrected chi connectivity index (χ4v) is 3.73. The molecule has 2 N–H and O–H groups in total. The second-order valence-electron chi connectivity index (χ2n) is 7.36. The van der Waals surface area contributed by atoms with Crippen LogP contribution in [0, 0.1) is 5.92 Å². The van der Waals surface area contributed by atoms with Crippen molar-refractivity contribution in [1.29, 1.82) is 0 Å². The van der Waals surface area contributed by atoms with Crippen molar-refractivity contribution in [2.45, 2.75) is 19.8 Å². The normalized spacial score (nSPS) is 16.5. The van der Waals surface area contributed by atoms with Crippen LogP contribution in [0.25, 0.3) is 16.9 Å². The summed E-state index contributed by atoms with van der Waals surface area (Å²) in [6, 6.07) is 18.2. The third-order valence-electron chi connectivity index (χ3n) is 5.51. The van der Waals surface area contributed by atoms with Crippen molar-refractivity contribution >= 4 is 5.91 Å². The second kappa shape index (κ2) is 7.98. The molecule has 1 amide bonds. The molecule has 144 valence electrons. The monoisotopic (exact) mass is 374 g/mol. The van der Waals surface area contributed by atoms with Gasteiger partial charge in [0.1, 0.15) is 5.69 Å². The predicted octanol–water partition coefficient (Wildman–Crippen LogP) is 3.52. The molecule has 0 spiro atoms. The number of carbonyl (C=O) groups is 1. The van der Waals surface area contributed by atoms with Gasteiger partial charge in [0.25, 0.3) is 5.91 Å². The zero-order valence-electron chi connectivity index (χ0n) is 16.2. The van der Waals surface area contributed by atoms with Crippen LogP contribution in [0.5, 0.6) is 0 Å². The van der Waals surface area contributed by atoms with Crippen LogP contribution >= 0.6 is 0 Å². The lowest BCUT2D eigenvalue weighted by Crippen LogP contribution is -2.30. The Labute approximate surface area is 165 Å². The highest BCUT2D eigenvalue weighted by Crippen LogP contribution is 2.27. The summed E-state index contributed by atoms with van der Waals surface area (Å²) in [7, 11) is 0. The Bertz CT molecular complexity index is 946. The predicted molar refractivity (Wildman–Crippen MR) is 111 cm³/mol. The van der Waals surface area contributed by atoms with E-state index in [4.69, 9.17) is 10.8 Å². The minimum atomic E-state index is 0.0349. The second-order valence-corrected chi connectivity index (χ2v) is 7.36. The van der Waals surface area contributed by atoms with Crippen molar-refractivity contribution in [3.8, 4) is 16.9 Å². The van der Waals surface area contributed by atoms with Gasteiger partial charge in [-0.3, -0.25) is 4.79 Å². The van der Waals surface area contributed by atoms with E-state index in [0.717, 1.165) is 42.9 Å². The zero-order valence-corrected chi connectivity index (χ0v) is 16.2. The number of aryl methyl sites for hydroxylation is 1. The molecule has 2 heterocycles. The number of nitrogens with zero attached hydrogens (tertiary/aromatic N) is 3. The molecule has 3 aromatic rings. The largest absolute Gasteiger partial charge is 0.338 e. The lowest BCUT2D eigenvalue weighted by molar-refractivity contribution is 0.0788. The SMILES string of the molecule is CCc1ccc(-c2nn(-c3ccccc3)cc2C(=O)N2CCC(CN)C2)cc1. The standard InChI is InChI=1S/C23H26N4O/c1-2-17-8-10-19(11-9-17)22-21(23(28)26-13-12-18(14-24)15-26)16-27(25-22)20-6-4-3-5-7-20/h3-11,16,18H,2,12-15,24H2,1H3. The minimum Gasteiger partial charge on any atom is -0.338 e. The number of para-hydroxylation sites is 1. The average Bonchev–Trinajstić information content (AvgIpc) is 3.41. The van der Waals surface area contributed by atoms with E-state index in [1.54, 1.807) is 4.68 Å². The molecule has 1 aliphatic heterocycles. The molecule has 1 aliphatic rings. The molecule has 1 atom stereocenters. The third-order valence-corrected chi connectivity index (χ3v) is 5.51. The summed E-state index contributed by atoms with van der Waals surface area (Å²) in [6.45, 7) is 4.24. The number of benzene rings is 2. The average molecular weight is 374 g/mol. The van der Waals surface area contributed by atoms with Crippen LogP contribution in [0.1, 0.15) is 29.3 Å². The molecule has 5 nitrogen and oxygen atoms in total. The molecule has 2 aromatic carbocycles. The zero-order chi connectivity index (χ0) is 19.5. The van der Waals surface area contributed by atoms with Crippen LogP contribution in [0.2, 0.25) is 0 Å². The van der Waals surface area contributed by atoms with Gasteiger partial charge >= 0.3 is 0 Å². The summed E-state index contributed by atoms with van der Waals surface area (Å²) in [5, 5.41) is 4.78. The fraction of sp³-hybridized carbons (Fsp3) is 0.304. The van der Waals surface area contributed by atoms with Gasteiger partial charge in [0.05, 0.1) is 11.3 Å². The number of nitrogens with two attached hydrogens (primary N) is 1. The van der Waals surface area contributed by atoms with Crippen molar-refractivity contribution in [2.75, 3.05) is 19.6 Å². The van der Waals surface area contributed by atoms with Gasteiger partial charge in [-0.1, -0.05) is 49.4 Å². The van der Waals surface area contributed by atoms with Crippen LogP contribution in [-0.2, 0) is 6.42 Å². The Kier molecular flexibility index (Phi) is 5.26. The van der Waals surface area contributed by atoms with Crippen molar-refractivity contribution in [3.05, 3.63) is 71.9 Å². The first-order valence-electron chi connectivity index (χ1n) is 9.93. The van der Waals surface area contributed by atoms with E-state index in [0.29, 0.717) is 18.0 Å². The van der Waals surface area contributed by atoms with Crippen molar-refractivity contribution in [3.63, 3.8) is 0 Å². The van der Waals surface area contributed by atoms with Crippen molar-refractivity contribution < 1.29 is 4.79 Å². The van der Waals surface area contributed by atoms with Gasteiger partial charge in [-0.2, -0.15) is 5.10 Å². The first-order chi connectivity index (χ1) is 13.7. The number of rotatable bonds is 5. The highest BCUT2D eigenvalue weighted by atomic mass is 16.2. The first-order valence-corrected chi connectivity index (χ1v) is 9.93. The Morgan fingerprint density at radius 1 is 1.14 bits per heavy atom. The third kappa shape index (κ3) is 3.58. The summed E-state index contributed by atoms with van der Waals surface area (Å²) in [5.41, 5.74) is 10.4. The topological polar surface area (TPSA) is 64.2 Å². The highest BCUT2D eigenvalue weighted by Gasteiger charge is 2.29. The molecule has 1 fully saturated rings. The molecule has 1 aromatic heterocycles. The van der Waals surface area contributed by atoms with Crippen LogP contribution in [0.3, 0.4) is 0 Å². The van der Waals surface area contributed by atoms with Crippen LogP contribution < -0.4 is 5.73 Å². The number of hydrogen-bond acceptors (Lipinski definition) is 3. The van der Waals surface area contributed by atoms with E-state index in [1.165, 1.54) is 5.56 Å². The van der Waals surface area contributed by atoms with E-state index < -0.39 is 0 Å². The molecular weight excluding hydrogens is 348 g/mol. The molecule has 0 radical (unpaired) electrons. The summed E-state index contributed by atoms with van der Waals surface area (Å²) in [5.74, 6) is 0.424. The summed E-state index contributed by atoms with van der Waals surface area (Å²) >= 11 is 0. The number of likely N-dealkylation sites (tertiary alicyclic amines) is 1. The molecule has 28 heavy (non-hydrogen) atoms. The van der Waals surface area contributed by atoms with Crippen LogP contribution in [0.15, 0.2) is 60.8 Å². The fourth-order valence-electron chi connectivity index (χ4n) is 3.73. The van der Waals surface area contributed by atoms with Crippen LogP contribution in [0.4, 0.5) is 0 Å². The molecule has 4 rings (SSSR count). The Morgan fingerprint density at radius 2 is 1.89 bits per heavy atom. The van der Waals surface area contributed by atoms with Gasteiger partial charge in [0.15, 0.2) is 0 Å². The molecular formula is C23H26N4O. The number of hydrogen-bond donors (Lipinski definition) is 1. The van der Waals surface area contributed by atoms with Gasteiger partial charge < -0.3 is 10.6 Å². The van der Waals surface area contributed by atoms with Crippen molar-refractivity contribution in [1.82, 2.24) is 14.7 Å². The van der Waals surface area contributed by atoms with Crippen LogP contribution in [-0.4, -0.2) is 40.2 Å². The lowest BCUT2D eigenvalue weighted by Gasteiger charge is -2.16. The quantitative estimate of drug-likeness (QED) is 0.743. The molecule has 1 saturated heterocycles. The lowest BCUT2D eigenvalue weighted by atomic mass is 10.0. The van der Waals surface area contributed by atoms with Gasteiger partial charge in [-0.15, -0.1) is 0 Å². The molecule has 0 saturated carbocycles. The summed E-state index contributed by atoms with van der Waals surface area (Å²) in [6.07, 6.45) is 3.81. The summed E-state index contributed by atoms with van der Waals surface area (Å²) < 4.78 is 1.80. The molecule has 0 aliphatic carbocycles. The van der Waals surface area contributed by atoms with E-state index >= 15 is 0 Å². The first kappa shape index (κ1) is 18.4.